The quantitative estimate of drug-likeness (QED) is 0.807. The Kier molecular flexibility index (Phi) is 4.81. The van der Waals surface area contributed by atoms with Crippen LogP contribution in [0.15, 0.2) is 29.6 Å². The highest BCUT2D eigenvalue weighted by atomic mass is 32.1. The summed E-state index contributed by atoms with van der Waals surface area (Å²) in [5.74, 6) is -0.452. The lowest BCUT2D eigenvalue weighted by molar-refractivity contribution is -0.117. The Labute approximate surface area is 150 Å². The van der Waals surface area contributed by atoms with E-state index in [1.165, 1.54) is 22.6 Å². The maximum atomic E-state index is 12.6. The molecular weight excluding hydrogens is 338 g/mol. The maximum absolute atomic E-state index is 12.6. The largest absolute Gasteiger partial charge is 0.489 e. The fraction of sp³-hybridized carbons (Fsp3) is 0.368. The van der Waals surface area contributed by atoms with Crippen LogP contribution >= 0.6 is 11.3 Å². The smallest absolute Gasteiger partial charge is 0.335 e. The van der Waals surface area contributed by atoms with E-state index in [0.717, 1.165) is 6.42 Å². The zero-order valence-electron chi connectivity index (χ0n) is 14.4. The first kappa shape index (κ1) is 17.5. The van der Waals surface area contributed by atoms with Gasteiger partial charge in [-0.3, -0.25) is 4.79 Å². The summed E-state index contributed by atoms with van der Waals surface area (Å²) in [5, 5.41) is 14.1. The molecular formula is C19H21NO4S. The Bertz CT molecular complexity index is 812. The summed E-state index contributed by atoms with van der Waals surface area (Å²) < 4.78 is 5.69. The summed E-state index contributed by atoms with van der Waals surface area (Å²) in [6.45, 7) is 5.82. The van der Waals surface area contributed by atoms with Gasteiger partial charge in [-0.25, -0.2) is 4.79 Å². The number of ether oxygens (including phenoxy) is 1. The van der Waals surface area contributed by atoms with Crippen LogP contribution in [0.1, 0.15) is 47.0 Å². The second-order valence-electron chi connectivity index (χ2n) is 6.59. The molecule has 25 heavy (non-hydrogen) atoms. The number of amides is 1. The number of aryl methyl sites for hydroxylation is 1. The molecule has 2 atom stereocenters. The van der Waals surface area contributed by atoms with Gasteiger partial charge in [-0.05, 0) is 62.4 Å². The SMILES string of the molecule is Cc1ccsc1C1CC1C(=O)Nc1cc(C(=O)O)ccc1OC(C)C. The predicted octanol–water partition coefficient (Wildman–Crippen LogP) is 4.28. The highest BCUT2D eigenvalue weighted by Crippen LogP contribution is 2.51. The standard InChI is InChI=1S/C19H21NO4S/c1-10(2)24-16-5-4-12(19(22)23)8-15(16)20-18(21)14-9-13(14)17-11(3)6-7-25-17/h4-8,10,13-14H,9H2,1-3H3,(H,20,21)(H,22,23). The summed E-state index contributed by atoms with van der Waals surface area (Å²) >= 11 is 1.68. The van der Waals surface area contributed by atoms with Crippen molar-refractivity contribution in [3.63, 3.8) is 0 Å². The Hall–Kier alpha value is -2.34. The summed E-state index contributed by atoms with van der Waals surface area (Å²) in [4.78, 5) is 25.1. The van der Waals surface area contributed by atoms with Gasteiger partial charge in [0.15, 0.2) is 0 Å². The molecule has 6 heteroatoms. The van der Waals surface area contributed by atoms with Crippen LogP contribution in [-0.4, -0.2) is 23.1 Å². The molecule has 132 valence electrons. The van der Waals surface area contributed by atoms with Gasteiger partial charge in [0.05, 0.1) is 17.4 Å². The number of hydrogen-bond acceptors (Lipinski definition) is 4. The van der Waals surface area contributed by atoms with Gasteiger partial charge in [0.2, 0.25) is 5.91 Å². The third-order valence-corrected chi connectivity index (χ3v) is 5.36. The number of carbonyl (C=O) groups excluding carboxylic acids is 1. The third-order valence-electron chi connectivity index (χ3n) is 4.21. The normalized spacial score (nSPS) is 18.9. The zero-order chi connectivity index (χ0) is 18.1. The number of carboxylic acid groups (broad SMARTS) is 1. The molecule has 2 N–H and O–H groups in total. The van der Waals surface area contributed by atoms with Crippen molar-refractivity contribution in [2.45, 2.75) is 39.2 Å². The molecule has 1 fully saturated rings. The van der Waals surface area contributed by atoms with Crippen LogP contribution in [0, 0.1) is 12.8 Å². The highest BCUT2D eigenvalue weighted by molar-refractivity contribution is 7.10. The molecule has 0 saturated heterocycles. The number of benzene rings is 1. The van der Waals surface area contributed by atoms with Crippen LogP contribution in [0.25, 0.3) is 0 Å². The molecule has 1 aliphatic rings. The van der Waals surface area contributed by atoms with E-state index in [1.54, 1.807) is 17.4 Å². The molecule has 1 aliphatic carbocycles. The van der Waals surface area contributed by atoms with Crippen molar-refractivity contribution in [3.05, 3.63) is 45.6 Å². The molecule has 2 aromatic rings. The van der Waals surface area contributed by atoms with Crippen molar-refractivity contribution in [2.75, 3.05) is 5.32 Å². The average Bonchev–Trinajstić information content (AvgIpc) is 3.22. The lowest BCUT2D eigenvalue weighted by atomic mass is 10.1. The molecule has 2 unspecified atom stereocenters. The number of thiophene rings is 1. The summed E-state index contributed by atoms with van der Waals surface area (Å²) in [6, 6.07) is 6.58. The minimum absolute atomic E-state index is 0.0715. The van der Waals surface area contributed by atoms with E-state index in [-0.39, 0.29) is 29.4 Å². The molecule has 1 aromatic heterocycles. The fourth-order valence-corrected chi connectivity index (χ4v) is 3.99. The van der Waals surface area contributed by atoms with Crippen molar-refractivity contribution in [2.24, 2.45) is 5.92 Å². The van der Waals surface area contributed by atoms with E-state index in [1.807, 2.05) is 19.2 Å². The lowest BCUT2D eigenvalue weighted by Crippen LogP contribution is -2.17. The van der Waals surface area contributed by atoms with Gasteiger partial charge in [-0.15, -0.1) is 11.3 Å². The van der Waals surface area contributed by atoms with Crippen LogP contribution in [0.3, 0.4) is 0 Å². The van der Waals surface area contributed by atoms with Crippen LogP contribution in [0.4, 0.5) is 5.69 Å². The molecule has 0 bridgehead atoms. The van der Waals surface area contributed by atoms with E-state index in [9.17, 15) is 14.7 Å². The first-order valence-corrected chi connectivity index (χ1v) is 9.13. The van der Waals surface area contributed by atoms with Gasteiger partial charge < -0.3 is 15.2 Å². The second-order valence-corrected chi connectivity index (χ2v) is 7.54. The van der Waals surface area contributed by atoms with Gasteiger partial charge in [-0.2, -0.15) is 0 Å². The number of nitrogens with one attached hydrogen (secondary N) is 1. The number of aromatic carboxylic acids is 1. The molecule has 1 aromatic carbocycles. The summed E-state index contributed by atoms with van der Waals surface area (Å²) in [5.41, 5.74) is 1.75. The van der Waals surface area contributed by atoms with Crippen LogP contribution in [0.2, 0.25) is 0 Å². The minimum atomic E-state index is -1.04. The average molecular weight is 359 g/mol. The van der Waals surface area contributed by atoms with Crippen LogP contribution in [0.5, 0.6) is 5.75 Å². The summed E-state index contributed by atoms with van der Waals surface area (Å²) in [7, 11) is 0. The Morgan fingerprint density at radius 2 is 2.08 bits per heavy atom. The van der Waals surface area contributed by atoms with Crippen molar-refractivity contribution >= 4 is 28.9 Å². The molecule has 1 heterocycles. The second kappa shape index (κ2) is 6.88. The van der Waals surface area contributed by atoms with E-state index >= 15 is 0 Å². The highest BCUT2D eigenvalue weighted by Gasteiger charge is 2.45. The number of rotatable bonds is 6. The fourth-order valence-electron chi connectivity index (χ4n) is 2.88. The molecule has 1 saturated carbocycles. The third kappa shape index (κ3) is 3.85. The van der Waals surface area contributed by atoms with E-state index < -0.39 is 5.97 Å². The zero-order valence-corrected chi connectivity index (χ0v) is 15.2. The first-order valence-electron chi connectivity index (χ1n) is 8.25. The molecule has 5 nitrogen and oxygen atoms in total. The topological polar surface area (TPSA) is 75.6 Å². The van der Waals surface area contributed by atoms with E-state index in [2.05, 4.69) is 18.3 Å². The number of carboxylic acids is 1. The van der Waals surface area contributed by atoms with Crippen LogP contribution in [-0.2, 0) is 4.79 Å². The van der Waals surface area contributed by atoms with Gasteiger partial charge in [-0.1, -0.05) is 0 Å². The van der Waals surface area contributed by atoms with Gasteiger partial charge >= 0.3 is 5.97 Å². The van der Waals surface area contributed by atoms with Crippen molar-refractivity contribution in [3.8, 4) is 5.75 Å². The Balaban J connectivity index is 1.77. The van der Waals surface area contributed by atoms with E-state index in [4.69, 9.17) is 4.74 Å². The molecule has 0 spiro atoms. The van der Waals surface area contributed by atoms with Gasteiger partial charge in [0.1, 0.15) is 5.75 Å². The Morgan fingerprint density at radius 3 is 2.68 bits per heavy atom. The van der Waals surface area contributed by atoms with Gasteiger partial charge in [0.25, 0.3) is 0 Å². The molecule has 0 radical (unpaired) electrons. The molecule has 1 amide bonds. The Morgan fingerprint density at radius 1 is 1.32 bits per heavy atom. The number of anilines is 1. The predicted molar refractivity (Wildman–Crippen MR) is 97.7 cm³/mol. The number of hydrogen-bond donors (Lipinski definition) is 2. The molecule has 3 rings (SSSR count). The lowest BCUT2D eigenvalue weighted by Gasteiger charge is -2.15. The van der Waals surface area contributed by atoms with Crippen LogP contribution < -0.4 is 10.1 Å². The van der Waals surface area contributed by atoms with Gasteiger partial charge in [0, 0.05) is 16.7 Å². The number of carbonyl (C=O) groups is 2. The monoisotopic (exact) mass is 359 g/mol. The van der Waals surface area contributed by atoms with Crippen molar-refractivity contribution in [1.29, 1.82) is 0 Å². The summed E-state index contributed by atoms with van der Waals surface area (Å²) in [6.07, 6.45) is 0.750. The van der Waals surface area contributed by atoms with Crippen molar-refractivity contribution in [1.82, 2.24) is 0 Å². The minimum Gasteiger partial charge on any atom is -0.489 e. The van der Waals surface area contributed by atoms with E-state index in [0.29, 0.717) is 11.4 Å². The first-order chi connectivity index (χ1) is 11.9. The van der Waals surface area contributed by atoms with Crippen molar-refractivity contribution < 1.29 is 19.4 Å². The molecule has 0 aliphatic heterocycles. The maximum Gasteiger partial charge on any atom is 0.335 e.